The molecule has 30 heavy (non-hydrogen) atoms. The van der Waals surface area contributed by atoms with Crippen LogP contribution in [0.3, 0.4) is 0 Å². The summed E-state index contributed by atoms with van der Waals surface area (Å²) in [6, 6.07) is 7.47. The lowest BCUT2D eigenvalue weighted by molar-refractivity contribution is -0.137. The number of ether oxygens (including phenoxy) is 1. The van der Waals surface area contributed by atoms with Crippen molar-refractivity contribution in [3.63, 3.8) is 0 Å². The van der Waals surface area contributed by atoms with Crippen molar-refractivity contribution in [1.29, 1.82) is 0 Å². The molecule has 6 nitrogen and oxygen atoms in total. The molecule has 0 unspecified atom stereocenters. The molecule has 0 aliphatic carbocycles. The van der Waals surface area contributed by atoms with E-state index in [9.17, 15) is 27.6 Å². The number of alkyl halides is 3. The summed E-state index contributed by atoms with van der Waals surface area (Å²) in [5, 5.41) is 2.33. The number of carbonyl (C=O) groups excluding carboxylic acids is 3. The van der Waals surface area contributed by atoms with Gasteiger partial charge in [-0.05, 0) is 43.7 Å². The minimum Gasteiger partial charge on any atom is -0.491 e. The molecule has 9 heteroatoms. The van der Waals surface area contributed by atoms with Gasteiger partial charge in [0.15, 0.2) is 0 Å². The molecule has 0 spiro atoms. The molecule has 0 saturated carbocycles. The summed E-state index contributed by atoms with van der Waals surface area (Å²) in [4.78, 5) is 38.2. The summed E-state index contributed by atoms with van der Waals surface area (Å²) < 4.78 is 44.6. The van der Waals surface area contributed by atoms with Crippen LogP contribution in [0.25, 0.3) is 0 Å². The van der Waals surface area contributed by atoms with Crippen molar-refractivity contribution in [2.75, 3.05) is 18.5 Å². The van der Waals surface area contributed by atoms with Crippen LogP contribution in [0.5, 0.6) is 5.75 Å². The number of amides is 3. The van der Waals surface area contributed by atoms with E-state index >= 15 is 0 Å². The number of rotatable bonds is 6. The molecule has 0 fully saturated rings. The van der Waals surface area contributed by atoms with Crippen molar-refractivity contribution in [2.24, 2.45) is 0 Å². The zero-order valence-electron chi connectivity index (χ0n) is 16.3. The van der Waals surface area contributed by atoms with Gasteiger partial charge in [-0.2, -0.15) is 13.2 Å². The molecule has 158 valence electrons. The third kappa shape index (κ3) is 4.29. The van der Waals surface area contributed by atoms with E-state index in [-0.39, 0.29) is 29.2 Å². The number of carbonyl (C=O) groups is 3. The molecule has 3 amide bonds. The number of hydrogen-bond donors (Lipinski definition) is 1. The normalized spacial score (nSPS) is 13.4. The summed E-state index contributed by atoms with van der Waals surface area (Å²) in [7, 11) is 0. The largest absolute Gasteiger partial charge is 0.491 e. The van der Waals surface area contributed by atoms with Crippen molar-refractivity contribution >= 4 is 23.4 Å². The van der Waals surface area contributed by atoms with E-state index in [0.717, 1.165) is 28.7 Å². The maximum absolute atomic E-state index is 13.1. The summed E-state index contributed by atoms with van der Waals surface area (Å²) in [5.74, 6) is -2.00. The summed E-state index contributed by atoms with van der Waals surface area (Å²) >= 11 is 0. The topological polar surface area (TPSA) is 75.7 Å². The van der Waals surface area contributed by atoms with E-state index in [1.54, 1.807) is 19.1 Å². The van der Waals surface area contributed by atoms with Gasteiger partial charge in [0.2, 0.25) is 5.91 Å². The lowest BCUT2D eigenvalue weighted by Crippen LogP contribution is -2.37. The van der Waals surface area contributed by atoms with Crippen LogP contribution in [-0.2, 0) is 11.0 Å². The number of imide groups is 1. The van der Waals surface area contributed by atoms with Crippen LogP contribution in [0.4, 0.5) is 18.9 Å². The van der Waals surface area contributed by atoms with Crippen LogP contribution < -0.4 is 10.1 Å². The van der Waals surface area contributed by atoms with Crippen molar-refractivity contribution in [1.82, 2.24) is 4.90 Å². The van der Waals surface area contributed by atoms with Crippen LogP contribution in [0.2, 0.25) is 0 Å². The minimum absolute atomic E-state index is 0.0659. The first-order valence-corrected chi connectivity index (χ1v) is 9.22. The zero-order chi connectivity index (χ0) is 22.1. The van der Waals surface area contributed by atoms with Crippen LogP contribution >= 0.6 is 0 Å². The van der Waals surface area contributed by atoms with Gasteiger partial charge in [0.25, 0.3) is 11.8 Å². The molecular weight excluding hydrogens is 401 g/mol. The van der Waals surface area contributed by atoms with Gasteiger partial charge >= 0.3 is 6.18 Å². The summed E-state index contributed by atoms with van der Waals surface area (Å²) in [6.45, 7) is 3.20. The molecule has 1 N–H and O–H groups in total. The molecule has 1 aliphatic rings. The first-order valence-electron chi connectivity index (χ1n) is 9.22. The first-order chi connectivity index (χ1) is 14.1. The van der Waals surface area contributed by atoms with E-state index < -0.39 is 36.0 Å². The van der Waals surface area contributed by atoms with Crippen molar-refractivity contribution in [3.05, 3.63) is 58.7 Å². The van der Waals surface area contributed by atoms with Crippen LogP contribution in [-0.4, -0.2) is 35.8 Å². The number of benzene rings is 2. The predicted octanol–water partition coefficient (Wildman–Crippen LogP) is 4.04. The van der Waals surface area contributed by atoms with Crippen molar-refractivity contribution in [3.8, 4) is 5.75 Å². The molecule has 0 bridgehead atoms. The predicted molar refractivity (Wildman–Crippen MR) is 102 cm³/mol. The standard InChI is InChI=1S/C21H19F3N2O4/c1-3-8-30-17-7-5-13(21(22,23)24)10-16(17)25-18(27)11-26-19(28)14-6-4-12(2)9-15(14)20(26)29/h4-7,9-10H,3,8,11H2,1-2H3,(H,25,27). The smallest absolute Gasteiger partial charge is 0.416 e. The van der Waals surface area contributed by atoms with Gasteiger partial charge in [-0.1, -0.05) is 18.6 Å². The zero-order valence-corrected chi connectivity index (χ0v) is 16.3. The van der Waals surface area contributed by atoms with E-state index in [1.165, 1.54) is 6.07 Å². The Morgan fingerprint density at radius 2 is 1.77 bits per heavy atom. The van der Waals surface area contributed by atoms with Crippen LogP contribution in [0, 0.1) is 6.92 Å². The second kappa shape index (κ2) is 8.17. The van der Waals surface area contributed by atoms with Gasteiger partial charge in [-0.15, -0.1) is 0 Å². The van der Waals surface area contributed by atoms with E-state index in [0.29, 0.717) is 6.42 Å². The quantitative estimate of drug-likeness (QED) is 0.716. The fraction of sp³-hybridized carbons (Fsp3) is 0.286. The second-order valence-electron chi connectivity index (χ2n) is 6.85. The number of hydrogen-bond acceptors (Lipinski definition) is 4. The Morgan fingerprint density at radius 3 is 2.43 bits per heavy atom. The number of nitrogens with zero attached hydrogens (tertiary/aromatic N) is 1. The second-order valence-corrected chi connectivity index (χ2v) is 6.85. The van der Waals surface area contributed by atoms with Gasteiger partial charge < -0.3 is 10.1 Å². The number of nitrogens with one attached hydrogen (secondary N) is 1. The monoisotopic (exact) mass is 420 g/mol. The highest BCUT2D eigenvalue weighted by Crippen LogP contribution is 2.35. The van der Waals surface area contributed by atoms with Gasteiger partial charge in [-0.25, -0.2) is 0 Å². The van der Waals surface area contributed by atoms with Gasteiger partial charge in [-0.3, -0.25) is 19.3 Å². The van der Waals surface area contributed by atoms with E-state index in [1.807, 2.05) is 6.92 Å². The average molecular weight is 420 g/mol. The molecule has 2 aromatic carbocycles. The van der Waals surface area contributed by atoms with Crippen molar-refractivity contribution in [2.45, 2.75) is 26.4 Å². The fourth-order valence-corrected chi connectivity index (χ4v) is 3.02. The number of aryl methyl sites for hydroxylation is 1. The molecule has 0 atom stereocenters. The van der Waals surface area contributed by atoms with E-state index in [4.69, 9.17) is 4.74 Å². The summed E-state index contributed by atoms with van der Waals surface area (Å²) in [6.07, 6.45) is -3.99. The fourth-order valence-electron chi connectivity index (χ4n) is 3.02. The summed E-state index contributed by atoms with van der Waals surface area (Å²) in [5.41, 5.74) is 0.0136. The number of halogens is 3. The van der Waals surface area contributed by atoms with Crippen LogP contribution in [0.15, 0.2) is 36.4 Å². The maximum Gasteiger partial charge on any atom is 0.416 e. The lowest BCUT2D eigenvalue weighted by Gasteiger charge is -2.17. The van der Waals surface area contributed by atoms with Crippen LogP contribution in [0.1, 0.15) is 45.2 Å². The Hall–Kier alpha value is -3.36. The van der Waals surface area contributed by atoms with Crippen molar-refractivity contribution < 1.29 is 32.3 Å². The van der Waals surface area contributed by atoms with Gasteiger partial charge in [0.05, 0.1) is 29.0 Å². The third-order valence-electron chi connectivity index (χ3n) is 4.47. The molecule has 1 aliphatic heterocycles. The Labute approximate surface area is 170 Å². The molecule has 0 aromatic heterocycles. The Kier molecular flexibility index (Phi) is 5.82. The Bertz CT molecular complexity index is 1020. The maximum atomic E-state index is 13.1. The SMILES string of the molecule is CCCOc1ccc(C(F)(F)F)cc1NC(=O)CN1C(=O)c2ccc(C)cc2C1=O. The Morgan fingerprint density at radius 1 is 1.07 bits per heavy atom. The highest BCUT2D eigenvalue weighted by molar-refractivity contribution is 6.22. The molecule has 3 rings (SSSR count). The molecular formula is C21H19F3N2O4. The average Bonchev–Trinajstić information content (AvgIpc) is 2.90. The van der Waals surface area contributed by atoms with Gasteiger partial charge in [0.1, 0.15) is 12.3 Å². The highest BCUT2D eigenvalue weighted by Gasteiger charge is 2.37. The first kappa shape index (κ1) is 21.4. The molecule has 0 saturated heterocycles. The molecule has 0 radical (unpaired) electrons. The van der Waals surface area contributed by atoms with Gasteiger partial charge in [0, 0.05) is 0 Å². The molecule has 1 heterocycles. The lowest BCUT2D eigenvalue weighted by atomic mass is 10.1. The Balaban J connectivity index is 1.80. The molecule has 2 aromatic rings. The number of anilines is 1. The van der Waals surface area contributed by atoms with E-state index in [2.05, 4.69) is 5.32 Å². The number of fused-ring (bicyclic) bond motifs is 1. The third-order valence-corrected chi connectivity index (χ3v) is 4.47. The minimum atomic E-state index is -4.61. The highest BCUT2D eigenvalue weighted by atomic mass is 19.4.